The van der Waals surface area contributed by atoms with Gasteiger partial charge in [0.25, 0.3) is 0 Å². The van der Waals surface area contributed by atoms with Crippen molar-refractivity contribution >= 4 is 5.82 Å². The van der Waals surface area contributed by atoms with Crippen LogP contribution in [0.25, 0.3) is 0 Å². The molecule has 0 aliphatic rings. The fourth-order valence-corrected chi connectivity index (χ4v) is 0.546. The summed E-state index contributed by atoms with van der Waals surface area (Å²) < 4.78 is 0. The van der Waals surface area contributed by atoms with Crippen molar-refractivity contribution in [2.75, 3.05) is 12.4 Å². The average Bonchev–Trinajstić information content (AvgIpc) is 1.88. The number of rotatable bonds is 1. The molecule has 3 heteroatoms. The Morgan fingerprint density at radius 1 is 1.67 bits per heavy atom. The number of hydrogen-bond acceptors (Lipinski definition) is 3. The maximum atomic E-state index is 4.04. The number of aromatic nitrogens is 2. The first-order valence-electron chi connectivity index (χ1n) is 2.72. The van der Waals surface area contributed by atoms with Crippen molar-refractivity contribution in [3.63, 3.8) is 0 Å². The molecule has 0 saturated heterocycles. The van der Waals surface area contributed by atoms with E-state index in [4.69, 9.17) is 0 Å². The molecule has 0 bridgehead atoms. The van der Waals surface area contributed by atoms with Crippen molar-refractivity contribution in [1.82, 2.24) is 9.97 Å². The summed E-state index contributed by atoms with van der Waals surface area (Å²) in [5.74, 6) is 1.55. The van der Waals surface area contributed by atoms with Crippen LogP contribution in [0.15, 0.2) is 6.07 Å². The van der Waals surface area contributed by atoms with Crippen molar-refractivity contribution in [1.29, 1.82) is 0 Å². The standard InChI is InChI=1S/C6H8N3/c1-5-8-4-3-6(7-2)9-5/h3H,1-2H3,(H,7,8,9). The predicted octanol–water partition coefficient (Wildman–Crippen LogP) is 0.627. The molecule has 0 aliphatic carbocycles. The van der Waals surface area contributed by atoms with Gasteiger partial charge in [0.1, 0.15) is 11.6 Å². The van der Waals surface area contributed by atoms with E-state index in [1.165, 1.54) is 0 Å². The van der Waals surface area contributed by atoms with Crippen molar-refractivity contribution < 1.29 is 0 Å². The molecule has 1 rings (SSSR count). The summed E-state index contributed by atoms with van der Waals surface area (Å²) in [4.78, 5) is 7.85. The topological polar surface area (TPSA) is 37.8 Å². The average molecular weight is 122 g/mol. The molecule has 1 heterocycles. The van der Waals surface area contributed by atoms with E-state index in [1.54, 1.807) is 6.07 Å². The zero-order valence-electron chi connectivity index (χ0n) is 5.47. The Balaban J connectivity index is 2.94. The van der Waals surface area contributed by atoms with Crippen molar-refractivity contribution in [2.45, 2.75) is 6.92 Å². The third-order valence-electron chi connectivity index (χ3n) is 0.966. The Morgan fingerprint density at radius 2 is 2.44 bits per heavy atom. The van der Waals surface area contributed by atoms with E-state index < -0.39 is 0 Å². The van der Waals surface area contributed by atoms with E-state index in [9.17, 15) is 0 Å². The Morgan fingerprint density at radius 3 is 2.89 bits per heavy atom. The highest BCUT2D eigenvalue weighted by atomic mass is 15.0. The summed E-state index contributed by atoms with van der Waals surface area (Å²) in [7, 11) is 1.82. The van der Waals surface area contributed by atoms with Crippen LogP contribution in [-0.4, -0.2) is 17.0 Å². The van der Waals surface area contributed by atoms with Gasteiger partial charge >= 0.3 is 0 Å². The molecule has 0 unspecified atom stereocenters. The van der Waals surface area contributed by atoms with Crippen LogP contribution in [0.5, 0.6) is 0 Å². The quantitative estimate of drug-likeness (QED) is 0.593. The maximum absolute atomic E-state index is 4.04. The van der Waals surface area contributed by atoms with E-state index in [2.05, 4.69) is 21.5 Å². The van der Waals surface area contributed by atoms with E-state index in [0.717, 1.165) is 11.6 Å². The molecule has 0 amide bonds. The molecule has 1 radical (unpaired) electrons. The van der Waals surface area contributed by atoms with E-state index >= 15 is 0 Å². The maximum Gasteiger partial charge on any atom is 0.130 e. The summed E-state index contributed by atoms with van der Waals surface area (Å²) in [5, 5.41) is 2.89. The Hall–Kier alpha value is -1.12. The minimum absolute atomic E-state index is 0.738. The van der Waals surface area contributed by atoms with Gasteiger partial charge in [0.2, 0.25) is 0 Å². The van der Waals surface area contributed by atoms with Crippen molar-refractivity contribution in [3.05, 3.63) is 18.1 Å². The van der Waals surface area contributed by atoms with E-state index in [1.807, 2.05) is 14.0 Å². The van der Waals surface area contributed by atoms with Crippen LogP contribution < -0.4 is 5.32 Å². The second-order valence-electron chi connectivity index (χ2n) is 1.68. The van der Waals surface area contributed by atoms with Gasteiger partial charge in [0, 0.05) is 13.1 Å². The van der Waals surface area contributed by atoms with E-state index in [-0.39, 0.29) is 0 Å². The van der Waals surface area contributed by atoms with Gasteiger partial charge in [-0.25, -0.2) is 9.97 Å². The first-order chi connectivity index (χ1) is 4.33. The third-order valence-corrected chi connectivity index (χ3v) is 0.966. The summed E-state index contributed by atoms with van der Waals surface area (Å²) in [6.45, 7) is 1.83. The van der Waals surface area contributed by atoms with Crippen LogP contribution in [0.3, 0.4) is 0 Å². The molecule has 1 N–H and O–H groups in total. The highest BCUT2D eigenvalue weighted by molar-refractivity contribution is 5.30. The zero-order valence-corrected chi connectivity index (χ0v) is 5.47. The van der Waals surface area contributed by atoms with Gasteiger partial charge in [0.15, 0.2) is 0 Å². The first kappa shape index (κ1) is 6.01. The lowest BCUT2D eigenvalue weighted by molar-refractivity contribution is 1.05. The molecule has 47 valence electrons. The third kappa shape index (κ3) is 1.38. The van der Waals surface area contributed by atoms with Gasteiger partial charge < -0.3 is 5.32 Å². The lowest BCUT2D eigenvalue weighted by Crippen LogP contribution is -1.94. The van der Waals surface area contributed by atoms with E-state index in [0.29, 0.717) is 0 Å². The monoisotopic (exact) mass is 122 g/mol. The molecule has 0 saturated carbocycles. The zero-order chi connectivity index (χ0) is 6.69. The van der Waals surface area contributed by atoms with Gasteiger partial charge in [-0.1, -0.05) is 0 Å². The number of nitrogens with zero attached hydrogens (tertiary/aromatic N) is 2. The molecular weight excluding hydrogens is 114 g/mol. The Labute approximate surface area is 54.2 Å². The van der Waals surface area contributed by atoms with Crippen molar-refractivity contribution in [3.8, 4) is 0 Å². The Bertz CT molecular complexity index is 197. The highest BCUT2D eigenvalue weighted by Crippen LogP contribution is 1.96. The predicted molar refractivity (Wildman–Crippen MR) is 35.2 cm³/mol. The number of nitrogens with one attached hydrogen (secondary N) is 1. The smallest absolute Gasteiger partial charge is 0.130 e. The van der Waals surface area contributed by atoms with Crippen LogP contribution in [0.2, 0.25) is 0 Å². The second-order valence-corrected chi connectivity index (χ2v) is 1.68. The fraction of sp³-hybridized carbons (Fsp3) is 0.333. The molecular formula is C6H8N3. The molecule has 3 nitrogen and oxygen atoms in total. The van der Waals surface area contributed by atoms with Gasteiger partial charge in [-0.15, -0.1) is 0 Å². The minimum atomic E-state index is 0.738. The van der Waals surface area contributed by atoms with Gasteiger partial charge in [0.05, 0.1) is 6.20 Å². The molecule has 0 atom stereocenters. The van der Waals surface area contributed by atoms with Gasteiger partial charge in [-0.2, -0.15) is 0 Å². The first-order valence-corrected chi connectivity index (χ1v) is 2.72. The normalized spacial score (nSPS) is 9.11. The lowest BCUT2D eigenvalue weighted by Gasteiger charge is -1.95. The summed E-state index contributed by atoms with van der Waals surface area (Å²) >= 11 is 0. The molecule has 0 aromatic carbocycles. The Kier molecular flexibility index (Phi) is 1.63. The van der Waals surface area contributed by atoms with Crippen LogP contribution in [0.4, 0.5) is 5.82 Å². The van der Waals surface area contributed by atoms with Crippen LogP contribution in [0, 0.1) is 13.1 Å². The summed E-state index contributed by atoms with van der Waals surface area (Å²) in [6.07, 6.45) is 2.71. The van der Waals surface area contributed by atoms with Gasteiger partial charge in [-0.3, -0.25) is 0 Å². The molecule has 1 aromatic rings. The highest BCUT2D eigenvalue weighted by Gasteiger charge is 1.88. The molecule has 0 fully saturated rings. The van der Waals surface area contributed by atoms with Crippen LogP contribution in [0.1, 0.15) is 5.82 Å². The van der Waals surface area contributed by atoms with Gasteiger partial charge in [-0.05, 0) is 6.92 Å². The number of aryl methyl sites for hydroxylation is 1. The molecule has 0 spiro atoms. The molecule has 1 aromatic heterocycles. The summed E-state index contributed by atoms with van der Waals surface area (Å²) in [6, 6.07) is 1.70. The SMILES string of the molecule is CNc1c[c]nc(C)n1. The fourth-order valence-electron chi connectivity index (χ4n) is 0.546. The lowest BCUT2D eigenvalue weighted by atomic mass is 10.5. The molecule has 9 heavy (non-hydrogen) atoms. The minimum Gasteiger partial charge on any atom is -0.373 e. The molecule has 0 aliphatic heterocycles. The van der Waals surface area contributed by atoms with Crippen LogP contribution in [-0.2, 0) is 0 Å². The number of anilines is 1. The second kappa shape index (κ2) is 2.44. The van der Waals surface area contributed by atoms with Crippen molar-refractivity contribution in [2.24, 2.45) is 0 Å². The number of hydrogen-bond donors (Lipinski definition) is 1. The largest absolute Gasteiger partial charge is 0.373 e. The van der Waals surface area contributed by atoms with Crippen LogP contribution >= 0.6 is 0 Å². The summed E-state index contributed by atoms with van der Waals surface area (Å²) in [5.41, 5.74) is 0.